The average Bonchev–Trinajstić information content (AvgIpc) is 3.54. The summed E-state index contributed by atoms with van der Waals surface area (Å²) in [4.78, 5) is 25.6. The molecule has 2 bridgehead atoms. The van der Waals surface area contributed by atoms with Gasteiger partial charge < -0.3 is 10.4 Å². The molecule has 4 fully saturated rings. The zero-order valence-electron chi connectivity index (χ0n) is 18.7. The molecular formula is C24H27FN6O2. The first-order valence-electron chi connectivity index (χ1n) is 11.7. The highest BCUT2D eigenvalue weighted by atomic mass is 19.1. The largest absolute Gasteiger partial charge is 0.481 e. The smallest absolute Gasteiger partial charge is 0.308 e. The zero-order valence-corrected chi connectivity index (χ0v) is 18.7. The molecule has 9 heteroatoms. The molecule has 0 saturated heterocycles. The van der Waals surface area contributed by atoms with Crippen LogP contribution in [0.15, 0.2) is 18.5 Å². The third-order valence-electron chi connectivity index (χ3n) is 7.97. The minimum atomic E-state index is -0.810. The molecule has 4 atom stereocenters. The number of aromatic amines is 1. The molecule has 3 aromatic heterocycles. The fourth-order valence-electron chi connectivity index (χ4n) is 6.20. The number of anilines is 1. The maximum atomic E-state index is 14.9. The van der Waals surface area contributed by atoms with Crippen molar-refractivity contribution in [2.45, 2.75) is 57.9 Å². The van der Waals surface area contributed by atoms with E-state index < -0.39 is 17.7 Å². The maximum absolute atomic E-state index is 14.9. The number of carboxylic acid groups (broad SMARTS) is 1. The number of aromatic nitrogens is 5. The molecule has 3 heterocycles. The van der Waals surface area contributed by atoms with Gasteiger partial charge in [0.25, 0.3) is 0 Å². The van der Waals surface area contributed by atoms with Crippen molar-refractivity contribution in [3.63, 3.8) is 0 Å². The molecule has 0 radical (unpaired) electrons. The van der Waals surface area contributed by atoms with Crippen LogP contribution in [0, 0.1) is 29.0 Å². The van der Waals surface area contributed by atoms with Gasteiger partial charge in [0.05, 0.1) is 35.4 Å². The number of nitrogens with one attached hydrogen (secondary N) is 2. The first kappa shape index (κ1) is 20.5. The first-order chi connectivity index (χ1) is 15.8. The average molecular weight is 451 g/mol. The number of H-pyrrole nitrogens is 1. The molecule has 0 spiro atoms. The molecular weight excluding hydrogens is 423 g/mol. The van der Waals surface area contributed by atoms with Crippen molar-refractivity contribution < 1.29 is 14.3 Å². The number of pyridine rings is 1. The summed E-state index contributed by atoms with van der Waals surface area (Å²) in [5.41, 5.74) is 3.40. The molecule has 7 rings (SSSR count). The van der Waals surface area contributed by atoms with E-state index in [9.17, 15) is 14.3 Å². The predicted octanol–water partition coefficient (Wildman–Crippen LogP) is 4.37. The van der Waals surface area contributed by atoms with Crippen LogP contribution in [0.5, 0.6) is 0 Å². The Hall–Kier alpha value is -3.10. The Morgan fingerprint density at radius 3 is 2.76 bits per heavy atom. The van der Waals surface area contributed by atoms with Gasteiger partial charge in [0.2, 0.25) is 0 Å². The van der Waals surface area contributed by atoms with E-state index in [1.807, 2.05) is 0 Å². The minimum Gasteiger partial charge on any atom is -0.481 e. The van der Waals surface area contributed by atoms with Crippen molar-refractivity contribution in [3.05, 3.63) is 30.0 Å². The Morgan fingerprint density at radius 1 is 1.21 bits per heavy atom. The second kappa shape index (κ2) is 7.20. The number of fused-ring (bicyclic) bond motifs is 4. The number of hydrogen-bond acceptors (Lipinski definition) is 6. The third-order valence-corrected chi connectivity index (χ3v) is 7.97. The van der Waals surface area contributed by atoms with Crippen LogP contribution in [0.4, 0.5) is 10.1 Å². The fraction of sp³-hybridized carbons (Fsp3) is 0.542. The van der Waals surface area contributed by atoms with Crippen LogP contribution in [0.25, 0.3) is 22.6 Å². The topological polar surface area (TPSA) is 117 Å². The molecule has 33 heavy (non-hydrogen) atoms. The fourth-order valence-corrected chi connectivity index (χ4v) is 6.20. The highest BCUT2D eigenvalue weighted by Gasteiger charge is 2.54. The van der Waals surface area contributed by atoms with Gasteiger partial charge in [0.1, 0.15) is 11.2 Å². The van der Waals surface area contributed by atoms with Gasteiger partial charge in [0, 0.05) is 12.0 Å². The number of aliphatic carboxylic acids is 1. The minimum absolute atomic E-state index is 0.00719. The summed E-state index contributed by atoms with van der Waals surface area (Å²) >= 11 is 0. The quantitative estimate of drug-likeness (QED) is 0.528. The molecule has 4 aliphatic carbocycles. The summed E-state index contributed by atoms with van der Waals surface area (Å²) in [6.07, 6.45) is 7.91. The van der Waals surface area contributed by atoms with Crippen molar-refractivity contribution in [3.8, 4) is 11.4 Å². The molecule has 172 valence electrons. The lowest BCUT2D eigenvalue weighted by Gasteiger charge is -2.55. The van der Waals surface area contributed by atoms with Crippen molar-refractivity contribution in [2.75, 3.05) is 5.32 Å². The van der Waals surface area contributed by atoms with E-state index in [1.54, 1.807) is 12.3 Å². The summed E-state index contributed by atoms with van der Waals surface area (Å²) < 4.78 is 14.9. The maximum Gasteiger partial charge on any atom is 0.308 e. The van der Waals surface area contributed by atoms with E-state index in [4.69, 9.17) is 4.98 Å². The lowest BCUT2D eigenvalue weighted by molar-refractivity contribution is -0.152. The second-order valence-electron chi connectivity index (χ2n) is 10.6. The Labute approximate surface area is 190 Å². The predicted molar refractivity (Wildman–Crippen MR) is 120 cm³/mol. The zero-order chi connectivity index (χ0) is 22.9. The standard InChI is InChI=1S/C24H27FN6O2/c1-24(2)8-12-5-6-13(24)19(18(12)23(32)33)28-15-7-16(26-9-14(15)25)20-21-22(31-30-20)27-10-17(29-21)11-3-4-11/h7,9-13,18-19H,3-6,8H2,1-2H3,(H,26,28)(H,32,33)(H,27,30,31)/t12?,13-,18?,19-/m0/s1. The van der Waals surface area contributed by atoms with Crippen LogP contribution >= 0.6 is 0 Å². The van der Waals surface area contributed by atoms with E-state index in [0.717, 1.165) is 37.8 Å². The Bertz CT molecular complexity index is 1250. The molecule has 4 aliphatic rings. The second-order valence-corrected chi connectivity index (χ2v) is 10.6. The number of carboxylic acids is 1. The normalized spacial score (nSPS) is 28.2. The number of halogens is 1. The molecule has 0 amide bonds. The SMILES string of the molecule is CC1(C)CC2CC[C@H]1[C@H](Nc1cc(-c3[nH]nc4ncc(C5CC5)nc34)ncc1F)C2C(=O)O. The number of nitrogens with zero attached hydrogens (tertiary/aromatic N) is 4. The Morgan fingerprint density at radius 2 is 2.03 bits per heavy atom. The molecule has 8 nitrogen and oxygen atoms in total. The Kier molecular flexibility index (Phi) is 4.47. The van der Waals surface area contributed by atoms with Crippen LogP contribution in [-0.2, 0) is 4.79 Å². The van der Waals surface area contributed by atoms with Crippen molar-refractivity contribution in [1.82, 2.24) is 25.1 Å². The monoisotopic (exact) mass is 450 g/mol. The van der Waals surface area contributed by atoms with Crippen molar-refractivity contribution >= 4 is 22.8 Å². The number of carbonyl (C=O) groups is 1. The van der Waals surface area contributed by atoms with Gasteiger partial charge in [0.15, 0.2) is 11.5 Å². The van der Waals surface area contributed by atoms with Gasteiger partial charge in [-0.3, -0.25) is 14.9 Å². The van der Waals surface area contributed by atoms with E-state index >= 15 is 0 Å². The van der Waals surface area contributed by atoms with E-state index in [1.165, 1.54) is 6.20 Å². The van der Waals surface area contributed by atoms with Gasteiger partial charge in [-0.2, -0.15) is 5.10 Å². The lowest BCUT2D eigenvalue weighted by atomic mass is 9.51. The molecule has 0 aliphatic heterocycles. The van der Waals surface area contributed by atoms with Crippen LogP contribution in [0.2, 0.25) is 0 Å². The molecule has 3 aromatic rings. The summed E-state index contributed by atoms with van der Waals surface area (Å²) in [6, 6.07) is 1.29. The summed E-state index contributed by atoms with van der Waals surface area (Å²) in [7, 11) is 0. The van der Waals surface area contributed by atoms with Crippen molar-refractivity contribution in [2.24, 2.45) is 23.2 Å². The van der Waals surface area contributed by atoms with Gasteiger partial charge in [-0.15, -0.1) is 0 Å². The molecule has 2 unspecified atom stereocenters. The van der Waals surface area contributed by atoms with Crippen LogP contribution < -0.4 is 5.32 Å². The van der Waals surface area contributed by atoms with Crippen LogP contribution in [0.1, 0.15) is 57.6 Å². The van der Waals surface area contributed by atoms with Gasteiger partial charge >= 0.3 is 5.97 Å². The number of hydrogen-bond donors (Lipinski definition) is 3. The van der Waals surface area contributed by atoms with Crippen LogP contribution in [-0.4, -0.2) is 42.3 Å². The summed E-state index contributed by atoms with van der Waals surface area (Å²) in [6.45, 7) is 4.38. The highest BCUT2D eigenvalue weighted by Crippen LogP contribution is 2.55. The molecule has 4 saturated carbocycles. The van der Waals surface area contributed by atoms with Gasteiger partial charge in [-0.1, -0.05) is 13.8 Å². The van der Waals surface area contributed by atoms with Crippen LogP contribution in [0.3, 0.4) is 0 Å². The van der Waals surface area contributed by atoms with Crippen molar-refractivity contribution in [1.29, 1.82) is 0 Å². The summed E-state index contributed by atoms with van der Waals surface area (Å²) in [5, 5.41) is 20.5. The van der Waals surface area contributed by atoms with E-state index in [0.29, 0.717) is 28.5 Å². The third kappa shape index (κ3) is 3.36. The van der Waals surface area contributed by atoms with Gasteiger partial charge in [-0.05, 0) is 55.4 Å². The summed E-state index contributed by atoms with van der Waals surface area (Å²) in [5.74, 6) is -1.16. The highest BCUT2D eigenvalue weighted by molar-refractivity contribution is 5.86. The molecule has 0 aromatic carbocycles. The Balaban J connectivity index is 1.37. The lowest BCUT2D eigenvalue weighted by Crippen LogP contribution is -2.57. The van der Waals surface area contributed by atoms with E-state index in [-0.39, 0.29) is 29.0 Å². The first-order valence-corrected chi connectivity index (χ1v) is 11.7. The molecule has 3 N–H and O–H groups in total. The van der Waals surface area contributed by atoms with Gasteiger partial charge in [-0.25, -0.2) is 14.4 Å². The number of rotatable bonds is 5. The van der Waals surface area contributed by atoms with E-state index in [2.05, 4.69) is 39.3 Å².